The molecule has 8 nitrogen and oxygen atoms in total. The minimum absolute atomic E-state index is 0.0141. The number of aliphatic hydroxyl groups is 1. The van der Waals surface area contributed by atoms with Gasteiger partial charge in [0.25, 0.3) is 5.91 Å². The van der Waals surface area contributed by atoms with Gasteiger partial charge < -0.3 is 18.7 Å². The number of rotatable bonds is 7. The number of carbonyl (C=O) groups is 2. The van der Waals surface area contributed by atoms with Crippen molar-refractivity contribution in [2.45, 2.75) is 121 Å². The van der Waals surface area contributed by atoms with Crippen LogP contribution < -0.4 is 0 Å². The summed E-state index contributed by atoms with van der Waals surface area (Å²) in [5.74, 6) is -0.637. The highest BCUT2D eigenvalue weighted by molar-refractivity contribution is 6.74. The van der Waals surface area contributed by atoms with E-state index in [1.54, 1.807) is 0 Å². The SMILES string of the molecule is CN1C(=O)N([C@H]2C[C@H](O[Si](C)(C)C(C)(C)C)[C@@H](CO[Si](C)(C)C(C)(C)C)O2)[C@@H](c2ccccc2)[C@@](C)(O)C1=O. The summed E-state index contributed by atoms with van der Waals surface area (Å²) >= 11 is 0. The first kappa shape index (κ1) is 32.0. The van der Waals surface area contributed by atoms with Crippen molar-refractivity contribution in [1.29, 1.82) is 0 Å². The number of carbonyl (C=O) groups excluding carboxylic acids is 2. The number of amides is 3. The molecule has 0 radical (unpaired) electrons. The van der Waals surface area contributed by atoms with E-state index in [1.807, 2.05) is 30.3 Å². The zero-order chi connectivity index (χ0) is 29.8. The van der Waals surface area contributed by atoms with Gasteiger partial charge in [-0.3, -0.25) is 14.6 Å². The van der Waals surface area contributed by atoms with Gasteiger partial charge in [-0.25, -0.2) is 4.79 Å². The monoisotopic (exact) mass is 578 g/mol. The van der Waals surface area contributed by atoms with Crippen molar-refractivity contribution in [1.82, 2.24) is 9.80 Å². The quantitative estimate of drug-likeness (QED) is 0.405. The molecule has 3 amide bonds. The van der Waals surface area contributed by atoms with E-state index in [2.05, 4.69) is 67.7 Å². The summed E-state index contributed by atoms with van der Waals surface area (Å²) < 4.78 is 20.1. The number of hydrogen-bond donors (Lipinski definition) is 1. The number of ether oxygens (including phenoxy) is 1. The lowest BCUT2D eigenvalue weighted by Crippen LogP contribution is -2.66. The summed E-state index contributed by atoms with van der Waals surface area (Å²) in [6.07, 6.45) is -0.966. The van der Waals surface area contributed by atoms with Crippen LogP contribution in [0.25, 0.3) is 0 Å². The molecule has 3 rings (SSSR count). The zero-order valence-electron chi connectivity index (χ0n) is 26.0. The van der Waals surface area contributed by atoms with Crippen LogP contribution in [0.3, 0.4) is 0 Å². The molecule has 39 heavy (non-hydrogen) atoms. The highest BCUT2D eigenvalue weighted by atomic mass is 28.4. The van der Waals surface area contributed by atoms with Crippen LogP contribution in [0.15, 0.2) is 30.3 Å². The Morgan fingerprint density at radius 1 is 1.00 bits per heavy atom. The van der Waals surface area contributed by atoms with Gasteiger partial charge in [-0.2, -0.15) is 0 Å². The summed E-state index contributed by atoms with van der Waals surface area (Å²) in [5, 5.41) is 11.5. The van der Waals surface area contributed by atoms with Crippen molar-refractivity contribution >= 4 is 28.6 Å². The maximum atomic E-state index is 13.7. The molecular formula is C29H50N2O6Si2. The van der Waals surface area contributed by atoms with E-state index in [4.69, 9.17) is 13.6 Å². The molecule has 1 aromatic rings. The van der Waals surface area contributed by atoms with Crippen molar-refractivity contribution in [2.24, 2.45) is 0 Å². The summed E-state index contributed by atoms with van der Waals surface area (Å²) in [6, 6.07) is 7.79. The van der Waals surface area contributed by atoms with Gasteiger partial charge in [0.1, 0.15) is 12.3 Å². The number of imide groups is 1. The molecule has 2 aliphatic heterocycles. The molecule has 1 N–H and O–H groups in total. The zero-order valence-corrected chi connectivity index (χ0v) is 28.0. The predicted molar refractivity (Wildman–Crippen MR) is 158 cm³/mol. The van der Waals surface area contributed by atoms with Crippen LogP contribution in [0.5, 0.6) is 0 Å². The Kier molecular flexibility index (Phi) is 8.75. The number of urea groups is 1. The van der Waals surface area contributed by atoms with Gasteiger partial charge in [-0.15, -0.1) is 0 Å². The highest BCUT2D eigenvalue weighted by Gasteiger charge is 2.57. The van der Waals surface area contributed by atoms with Gasteiger partial charge in [-0.1, -0.05) is 71.9 Å². The van der Waals surface area contributed by atoms with Crippen LogP contribution in [0.1, 0.15) is 66.5 Å². The predicted octanol–water partition coefficient (Wildman–Crippen LogP) is 5.90. The lowest BCUT2D eigenvalue weighted by atomic mass is 9.85. The van der Waals surface area contributed by atoms with Gasteiger partial charge in [-0.05, 0) is 48.8 Å². The summed E-state index contributed by atoms with van der Waals surface area (Å²) in [4.78, 5) is 29.3. The van der Waals surface area contributed by atoms with Crippen LogP contribution in [-0.4, -0.2) is 81.2 Å². The van der Waals surface area contributed by atoms with Crippen LogP contribution >= 0.6 is 0 Å². The Labute approximate surface area is 237 Å². The fourth-order valence-corrected chi connectivity index (χ4v) is 7.09. The molecule has 2 heterocycles. The summed E-state index contributed by atoms with van der Waals surface area (Å²) in [6.45, 7) is 23.9. The molecule has 10 heteroatoms. The molecule has 220 valence electrons. The Hall–Kier alpha value is -1.57. The molecule has 2 aliphatic rings. The first-order chi connectivity index (χ1) is 17.6. The summed E-state index contributed by atoms with van der Waals surface area (Å²) in [7, 11) is -2.87. The fourth-order valence-electron chi connectivity index (χ4n) is 4.72. The van der Waals surface area contributed by atoms with E-state index in [9.17, 15) is 14.7 Å². The van der Waals surface area contributed by atoms with Crippen LogP contribution in [-0.2, 0) is 18.4 Å². The Morgan fingerprint density at radius 2 is 1.54 bits per heavy atom. The van der Waals surface area contributed by atoms with Crippen LogP contribution in [0.2, 0.25) is 36.3 Å². The first-order valence-electron chi connectivity index (χ1n) is 14.0. The number of hydrogen-bond acceptors (Lipinski definition) is 6. The minimum Gasteiger partial charge on any atom is -0.414 e. The molecular weight excluding hydrogens is 528 g/mol. The fraction of sp³-hybridized carbons (Fsp3) is 0.724. The third-order valence-corrected chi connectivity index (χ3v) is 18.3. The van der Waals surface area contributed by atoms with Crippen molar-refractivity contribution in [3.05, 3.63) is 35.9 Å². The molecule has 0 spiro atoms. The molecule has 1 aromatic carbocycles. The normalized spacial score (nSPS) is 29.4. The topological polar surface area (TPSA) is 88.5 Å². The Morgan fingerprint density at radius 3 is 2.05 bits per heavy atom. The van der Waals surface area contributed by atoms with Gasteiger partial charge in [0.05, 0.1) is 18.8 Å². The van der Waals surface area contributed by atoms with E-state index < -0.39 is 52.5 Å². The number of likely N-dealkylation sites (N-methyl/N-ethyl adjacent to an activating group) is 1. The largest absolute Gasteiger partial charge is 0.414 e. The molecule has 0 bridgehead atoms. The standard InChI is InChI=1S/C29H50N2O6Si2/c1-27(2,3)38(9,10)35-19-22-21(37-39(11,12)28(4,5)6)18-23(36-22)31-24(20-16-14-13-15-17-20)29(7,34)25(32)30(8)26(31)33/h13-17,21-24,34H,18-19H2,1-12H3/t21-,22+,23+,24-,29+/m0/s1. The number of benzene rings is 1. The molecule has 0 aromatic heterocycles. The van der Waals surface area contributed by atoms with Gasteiger partial charge in [0.15, 0.2) is 22.2 Å². The second-order valence-corrected chi connectivity index (χ2v) is 23.9. The second kappa shape index (κ2) is 10.7. The lowest BCUT2D eigenvalue weighted by Gasteiger charge is -2.49. The average Bonchev–Trinajstić information content (AvgIpc) is 3.19. The highest BCUT2D eigenvalue weighted by Crippen LogP contribution is 2.45. The van der Waals surface area contributed by atoms with Crippen molar-refractivity contribution < 1.29 is 28.3 Å². The second-order valence-electron chi connectivity index (χ2n) is 14.4. The van der Waals surface area contributed by atoms with E-state index >= 15 is 0 Å². The van der Waals surface area contributed by atoms with E-state index in [0.717, 1.165) is 4.90 Å². The molecule has 0 saturated carbocycles. The first-order valence-corrected chi connectivity index (χ1v) is 19.8. The maximum absolute atomic E-state index is 13.7. The van der Waals surface area contributed by atoms with E-state index in [1.165, 1.54) is 18.9 Å². The molecule has 0 aliphatic carbocycles. The van der Waals surface area contributed by atoms with Crippen LogP contribution in [0.4, 0.5) is 4.79 Å². The van der Waals surface area contributed by atoms with Gasteiger partial charge in [0, 0.05) is 13.5 Å². The van der Waals surface area contributed by atoms with Crippen molar-refractivity contribution in [3.8, 4) is 0 Å². The molecule has 0 unspecified atom stereocenters. The van der Waals surface area contributed by atoms with Crippen LogP contribution in [0, 0.1) is 0 Å². The van der Waals surface area contributed by atoms with Crippen molar-refractivity contribution in [2.75, 3.05) is 13.7 Å². The van der Waals surface area contributed by atoms with Gasteiger partial charge >= 0.3 is 6.03 Å². The summed E-state index contributed by atoms with van der Waals surface area (Å²) in [5.41, 5.74) is -1.16. The molecule has 5 atom stereocenters. The lowest BCUT2D eigenvalue weighted by molar-refractivity contribution is -0.170. The maximum Gasteiger partial charge on any atom is 0.329 e. The molecule has 2 fully saturated rings. The smallest absolute Gasteiger partial charge is 0.329 e. The van der Waals surface area contributed by atoms with Gasteiger partial charge in [0.2, 0.25) is 0 Å². The minimum atomic E-state index is -2.19. The van der Waals surface area contributed by atoms with E-state index in [-0.39, 0.29) is 16.2 Å². The molecule has 2 saturated heterocycles. The Balaban J connectivity index is 2.01. The third kappa shape index (κ3) is 6.21. The average molecular weight is 579 g/mol. The number of nitrogens with zero attached hydrogens (tertiary/aromatic N) is 2. The Bertz CT molecular complexity index is 1050. The third-order valence-electron chi connectivity index (χ3n) is 9.33. The van der Waals surface area contributed by atoms with E-state index in [0.29, 0.717) is 18.6 Å². The van der Waals surface area contributed by atoms with Crippen molar-refractivity contribution in [3.63, 3.8) is 0 Å².